The molecule has 6 heteroatoms. The summed E-state index contributed by atoms with van der Waals surface area (Å²) in [6, 6.07) is 6.60. The first-order chi connectivity index (χ1) is 8.61. The van der Waals surface area contributed by atoms with Crippen LogP contribution in [0, 0.1) is 0 Å². The lowest BCUT2D eigenvalue weighted by Gasteiger charge is -2.08. The van der Waals surface area contributed by atoms with Crippen LogP contribution in [0.1, 0.15) is 12.8 Å². The van der Waals surface area contributed by atoms with Crippen LogP contribution in [0.4, 0.5) is 10.5 Å². The second kappa shape index (κ2) is 7.16. The van der Waals surface area contributed by atoms with E-state index < -0.39 is 5.97 Å². The largest absolute Gasteiger partial charge is 0.497 e. The quantitative estimate of drug-likeness (QED) is 0.672. The summed E-state index contributed by atoms with van der Waals surface area (Å²) in [6.07, 6.45) is 0.445. The minimum atomic E-state index is -0.870. The van der Waals surface area contributed by atoms with Gasteiger partial charge in [-0.1, -0.05) is 6.07 Å². The van der Waals surface area contributed by atoms with Crippen molar-refractivity contribution in [1.82, 2.24) is 5.32 Å². The van der Waals surface area contributed by atoms with Crippen LogP contribution >= 0.6 is 0 Å². The van der Waals surface area contributed by atoms with E-state index in [0.29, 0.717) is 24.4 Å². The van der Waals surface area contributed by atoms with Gasteiger partial charge in [0.2, 0.25) is 0 Å². The lowest BCUT2D eigenvalue weighted by atomic mass is 10.3. The first kappa shape index (κ1) is 13.8. The molecule has 0 saturated carbocycles. The maximum Gasteiger partial charge on any atom is 0.319 e. The van der Waals surface area contributed by atoms with Gasteiger partial charge in [-0.2, -0.15) is 0 Å². The van der Waals surface area contributed by atoms with Crippen molar-refractivity contribution < 1.29 is 19.4 Å². The monoisotopic (exact) mass is 252 g/mol. The number of amides is 2. The molecule has 1 aromatic rings. The van der Waals surface area contributed by atoms with E-state index >= 15 is 0 Å². The standard InChI is InChI=1S/C12H16N2O4/c1-18-10-5-2-4-9(8-10)14-12(17)13-7-3-6-11(15)16/h2,4-5,8H,3,6-7H2,1H3,(H,15,16)(H2,13,14,17). The van der Waals surface area contributed by atoms with Crippen molar-refractivity contribution in [3.05, 3.63) is 24.3 Å². The number of hydrogen-bond donors (Lipinski definition) is 3. The molecule has 0 aliphatic carbocycles. The summed E-state index contributed by atoms with van der Waals surface area (Å²) in [5, 5.41) is 13.6. The summed E-state index contributed by atoms with van der Waals surface area (Å²) in [6.45, 7) is 0.322. The second-order valence-corrected chi connectivity index (χ2v) is 3.61. The van der Waals surface area contributed by atoms with Gasteiger partial charge in [0.05, 0.1) is 7.11 Å². The summed E-state index contributed by atoms with van der Waals surface area (Å²) in [4.78, 5) is 21.7. The van der Waals surface area contributed by atoms with Crippen molar-refractivity contribution in [1.29, 1.82) is 0 Å². The molecule has 0 aliphatic rings. The molecule has 3 N–H and O–H groups in total. The molecule has 0 radical (unpaired) electrons. The van der Waals surface area contributed by atoms with Crippen molar-refractivity contribution >= 4 is 17.7 Å². The number of aliphatic carboxylic acids is 1. The van der Waals surface area contributed by atoms with Gasteiger partial charge in [-0.15, -0.1) is 0 Å². The van der Waals surface area contributed by atoms with Crippen molar-refractivity contribution in [2.75, 3.05) is 19.0 Å². The zero-order valence-electron chi connectivity index (χ0n) is 10.1. The number of nitrogens with one attached hydrogen (secondary N) is 2. The number of carboxylic acids is 1. The SMILES string of the molecule is COc1cccc(NC(=O)NCCCC(=O)O)c1. The molecule has 6 nitrogen and oxygen atoms in total. The average Bonchev–Trinajstić information content (AvgIpc) is 2.34. The minimum Gasteiger partial charge on any atom is -0.497 e. The van der Waals surface area contributed by atoms with Crippen LogP contribution in [0.5, 0.6) is 5.75 Å². The molecule has 0 unspecified atom stereocenters. The van der Waals surface area contributed by atoms with Crippen molar-refractivity contribution in [3.8, 4) is 5.75 Å². The van der Waals surface area contributed by atoms with Gasteiger partial charge in [0.1, 0.15) is 5.75 Å². The summed E-state index contributed by atoms with van der Waals surface area (Å²) in [7, 11) is 1.55. The molecule has 0 heterocycles. The summed E-state index contributed by atoms with van der Waals surface area (Å²) in [5.74, 6) is -0.219. The molecule has 0 fully saturated rings. The van der Waals surface area contributed by atoms with E-state index in [9.17, 15) is 9.59 Å². The van der Waals surface area contributed by atoms with E-state index in [1.807, 2.05) is 0 Å². The van der Waals surface area contributed by atoms with Gasteiger partial charge in [-0.3, -0.25) is 4.79 Å². The van der Waals surface area contributed by atoms with E-state index in [1.165, 1.54) is 0 Å². The van der Waals surface area contributed by atoms with Crippen molar-refractivity contribution in [3.63, 3.8) is 0 Å². The maximum atomic E-state index is 11.4. The number of benzene rings is 1. The molecule has 0 aliphatic heterocycles. The van der Waals surface area contributed by atoms with Crippen LogP contribution in [-0.2, 0) is 4.79 Å². The number of anilines is 1. The smallest absolute Gasteiger partial charge is 0.319 e. The lowest BCUT2D eigenvalue weighted by Crippen LogP contribution is -2.29. The van der Waals surface area contributed by atoms with Gasteiger partial charge in [0, 0.05) is 24.7 Å². The minimum absolute atomic E-state index is 0.0411. The average molecular weight is 252 g/mol. The number of urea groups is 1. The molecule has 0 atom stereocenters. The van der Waals surface area contributed by atoms with Crippen LogP contribution in [-0.4, -0.2) is 30.8 Å². The van der Waals surface area contributed by atoms with E-state index in [-0.39, 0.29) is 12.5 Å². The summed E-state index contributed by atoms with van der Waals surface area (Å²) < 4.78 is 5.02. The van der Waals surface area contributed by atoms with E-state index in [4.69, 9.17) is 9.84 Å². The predicted molar refractivity (Wildman–Crippen MR) is 66.9 cm³/mol. The van der Waals surface area contributed by atoms with Crippen molar-refractivity contribution in [2.45, 2.75) is 12.8 Å². The van der Waals surface area contributed by atoms with Gasteiger partial charge >= 0.3 is 12.0 Å². The number of carbonyl (C=O) groups is 2. The second-order valence-electron chi connectivity index (χ2n) is 3.61. The number of carbonyl (C=O) groups excluding carboxylic acids is 1. The molecular formula is C12H16N2O4. The normalized spacial score (nSPS) is 9.61. The zero-order chi connectivity index (χ0) is 13.4. The highest BCUT2D eigenvalue weighted by Gasteiger charge is 2.02. The number of carboxylic acid groups (broad SMARTS) is 1. The van der Waals surface area contributed by atoms with Crippen LogP contribution in [0.25, 0.3) is 0 Å². The Bertz CT molecular complexity index is 420. The first-order valence-electron chi connectivity index (χ1n) is 5.52. The molecule has 2 amide bonds. The molecule has 98 valence electrons. The number of ether oxygens (including phenoxy) is 1. The third-order valence-corrected chi connectivity index (χ3v) is 2.18. The highest BCUT2D eigenvalue weighted by atomic mass is 16.5. The number of methoxy groups -OCH3 is 1. The third kappa shape index (κ3) is 5.20. The predicted octanol–water partition coefficient (Wildman–Crippen LogP) is 1.68. The van der Waals surface area contributed by atoms with Crippen LogP contribution < -0.4 is 15.4 Å². The maximum absolute atomic E-state index is 11.4. The van der Waals surface area contributed by atoms with Crippen LogP contribution in [0.2, 0.25) is 0 Å². The fourth-order valence-electron chi connectivity index (χ4n) is 1.32. The number of hydrogen-bond acceptors (Lipinski definition) is 3. The summed E-state index contributed by atoms with van der Waals surface area (Å²) in [5.41, 5.74) is 0.616. The lowest BCUT2D eigenvalue weighted by molar-refractivity contribution is -0.137. The van der Waals surface area contributed by atoms with Gasteiger partial charge < -0.3 is 20.5 Å². The van der Waals surface area contributed by atoms with Crippen molar-refractivity contribution in [2.24, 2.45) is 0 Å². The first-order valence-corrected chi connectivity index (χ1v) is 5.52. The molecule has 18 heavy (non-hydrogen) atoms. The molecular weight excluding hydrogens is 236 g/mol. The van der Waals surface area contributed by atoms with Gasteiger partial charge in [-0.25, -0.2) is 4.79 Å². The van der Waals surface area contributed by atoms with Gasteiger partial charge in [-0.05, 0) is 18.6 Å². The molecule has 0 aromatic heterocycles. The molecule has 0 bridgehead atoms. The Morgan fingerprint density at radius 1 is 1.39 bits per heavy atom. The van der Waals surface area contributed by atoms with Crippen LogP contribution in [0.3, 0.4) is 0 Å². The molecule has 0 saturated heterocycles. The number of rotatable bonds is 6. The Labute approximate surface area is 105 Å². The highest BCUT2D eigenvalue weighted by Crippen LogP contribution is 2.16. The van der Waals surface area contributed by atoms with Gasteiger partial charge in [0.15, 0.2) is 0 Å². The van der Waals surface area contributed by atoms with E-state index in [1.54, 1.807) is 31.4 Å². The fourth-order valence-corrected chi connectivity index (χ4v) is 1.32. The van der Waals surface area contributed by atoms with Gasteiger partial charge in [0.25, 0.3) is 0 Å². The zero-order valence-corrected chi connectivity index (χ0v) is 10.1. The van der Waals surface area contributed by atoms with E-state index in [0.717, 1.165) is 0 Å². The molecule has 1 rings (SSSR count). The Balaban J connectivity index is 2.33. The topological polar surface area (TPSA) is 87.7 Å². The van der Waals surface area contributed by atoms with E-state index in [2.05, 4.69) is 10.6 Å². The third-order valence-electron chi connectivity index (χ3n) is 2.18. The summed E-state index contributed by atoms with van der Waals surface area (Å²) >= 11 is 0. The molecule has 1 aromatic carbocycles. The fraction of sp³-hybridized carbons (Fsp3) is 0.333. The Morgan fingerprint density at radius 2 is 2.17 bits per heavy atom. The Hall–Kier alpha value is -2.24. The van der Waals surface area contributed by atoms with Crippen LogP contribution in [0.15, 0.2) is 24.3 Å². The highest BCUT2D eigenvalue weighted by molar-refractivity contribution is 5.89. The Morgan fingerprint density at radius 3 is 2.83 bits per heavy atom. The Kier molecular flexibility index (Phi) is 5.50. The molecule has 0 spiro atoms.